The fourth-order valence-corrected chi connectivity index (χ4v) is 3.09. The highest BCUT2D eigenvalue weighted by atomic mass is 32.2. The van der Waals surface area contributed by atoms with Gasteiger partial charge in [0.25, 0.3) is 0 Å². The van der Waals surface area contributed by atoms with Crippen molar-refractivity contribution < 1.29 is 9.18 Å². The zero-order valence-electron chi connectivity index (χ0n) is 13.3. The Labute approximate surface area is 140 Å². The van der Waals surface area contributed by atoms with Crippen molar-refractivity contribution >= 4 is 17.7 Å². The molecule has 122 valence electrons. The van der Waals surface area contributed by atoms with Crippen molar-refractivity contribution in [1.82, 2.24) is 10.6 Å². The summed E-state index contributed by atoms with van der Waals surface area (Å²) in [5.74, 6) is -0.429. The van der Waals surface area contributed by atoms with E-state index in [1.54, 1.807) is 18.2 Å². The van der Waals surface area contributed by atoms with Gasteiger partial charge in [-0.15, -0.1) is 11.8 Å². The van der Waals surface area contributed by atoms with Gasteiger partial charge in [-0.1, -0.05) is 42.5 Å². The van der Waals surface area contributed by atoms with Crippen LogP contribution in [0.4, 0.5) is 4.39 Å². The van der Waals surface area contributed by atoms with Crippen LogP contribution in [-0.4, -0.2) is 25.5 Å². The van der Waals surface area contributed by atoms with E-state index in [1.807, 2.05) is 44.3 Å². The number of nitrogens with one attached hydrogen (secondary N) is 2. The third-order valence-electron chi connectivity index (χ3n) is 3.50. The summed E-state index contributed by atoms with van der Waals surface area (Å²) in [5.41, 5.74) is 0.857. The number of amides is 1. The summed E-state index contributed by atoms with van der Waals surface area (Å²) >= 11 is 1.23. The number of hydrogen-bond donors (Lipinski definition) is 2. The van der Waals surface area contributed by atoms with Crippen LogP contribution in [0.15, 0.2) is 59.5 Å². The Kier molecular flexibility index (Phi) is 6.62. The topological polar surface area (TPSA) is 41.1 Å². The second kappa shape index (κ2) is 8.70. The average molecular weight is 332 g/mol. The summed E-state index contributed by atoms with van der Waals surface area (Å²) < 4.78 is 13.9. The van der Waals surface area contributed by atoms with E-state index in [4.69, 9.17) is 0 Å². The van der Waals surface area contributed by atoms with Crippen LogP contribution in [0.2, 0.25) is 0 Å². The number of carbonyl (C=O) groups is 1. The van der Waals surface area contributed by atoms with Gasteiger partial charge in [0.15, 0.2) is 0 Å². The van der Waals surface area contributed by atoms with Crippen LogP contribution >= 0.6 is 11.8 Å². The molecule has 5 heteroatoms. The molecule has 0 saturated heterocycles. The van der Waals surface area contributed by atoms with Gasteiger partial charge >= 0.3 is 0 Å². The molecular weight excluding hydrogens is 311 g/mol. The lowest BCUT2D eigenvalue weighted by atomic mass is 10.1. The zero-order chi connectivity index (χ0) is 16.7. The summed E-state index contributed by atoms with van der Waals surface area (Å²) in [7, 11) is 1.85. The van der Waals surface area contributed by atoms with Gasteiger partial charge < -0.3 is 10.6 Å². The molecule has 2 unspecified atom stereocenters. The molecule has 0 aliphatic carbocycles. The van der Waals surface area contributed by atoms with E-state index in [1.165, 1.54) is 17.8 Å². The molecule has 0 spiro atoms. The maximum Gasteiger partial charge on any atom is 0.238 e. The van der Waals surface area contributed by atoms with E-state index >= 15 is 0 Å². The van der Waals surface area contributed by atoms with Crippen LogP contribution in [0, 0.1) is 5.82 Å². The minimum Gasteiger partial charge on any atom is -0.353 e. The first kappa shape index (κ1) is 17.5. The van der Waals surface area contributed by atoms with E-state index in [-0.39, 0.29) is 17.8 Å². The molecule has 0 bridgehead atoms. The maximum atomic E-state index is 13.9. The Morgan fingerprint density at radius 2 is 1.78 bits per heavy atom. The van der Waals surface area contributed by atoms with E-state index in [0.29, 0.717) is 11.4 Å². The Morgan fingerprint density at radius 3 is 2.43 bits per heavy atom. The van der Waals surface area contributed by atoms with E-state index in [9.17, 15) is 9.18 Å². The van der Waals surface area contributed by atoms with Gasteiger partial charge in [0.2, 0.25) is 5.91 Å². The third kappa shape index (κ3) is 5.08. The highest BCUT2D eigenvalue weighted by molar-refractivity contribution is 8.00. The molecular formula is C18H21FN2OS. The molecule has 2 N–H and O–H groups in total. The van der Waals surface area contributed by atoms with Crippen molar-refractivity contribution in [3.05, 3.63) is 66.0 Å². The van der Waals surface area contributed by atoms with Crippen LogP contribution < -0.4 is 10.6 Å². The lowest BCUT2D eigenvalue weighted by molar-refractivity contribution is -0.120. The molecule has 1 amide bonds. The number of carbonyl (C=O) groups excluding carboxylic acids is 1. The summed E-state index contributed by atoms with van der Waals surface area (Å²) in [6, 6.07) is 16.1. The molecule has 2 atom stereocenters. The molecule has 0 heterocycles. The van der Waals surface area contributed by atoms with Gasteiger partial charge in [-0.2, -0.15) is 0 Å². The van der Waals surface area contributed by atoms with Gasteiger partial charge in [-0.05, 0) is 31.7 Å². The normalized spacial score (nSPS) is 13.3. The van der Waals surface area contributed by atoms with Crippen molar-refractivity contribution in [3.8, 4) is 0 Å². The summed E-state index contributed by atoms with van der Waals surface area (Å²) in [4.78, 5) is 13.1. The number of benzene rings is 2. The van der Waals surface area contributed by atoms with Crippen molar-refractivity contribution in [1.29, 1.82) is 0 Å². The molecule has 23 heavy (non-hydrogen) atoms. The molecule has 0 radical (unpaired) electrons. The minimum atomic E-state index is -0.489. The SMILES string of the molecule is CNC(C)CNC(=O)C(Sc1ccccc1F)c1ccccc1. The number of thioether (sulfide) groups is 1. The first-order valence-corrected chi connectivity index (χ1v) is 8.41. The first-order valence-electron chi connectivity index (χ1n) is 7.53. The molecule has 0 fully saturated rings. The Bertz CT molecular complexity index is 636. The predicted molar refractivity (Wildman–Crippen MR) is 93.0 cm³/mol. The summed E-state index contributed by atoms with van der Waals surface area (Å²) in [6.45, 7) is 2.51. The van der Waals surface area contributed by atoms with Crippen molar-refractivity contribution in [2.45, 2.75) is 23.1 Å². The van der Waals surface area contributed by atoms with Crippen molar-refractivity contribution in [2.24, 2.45) is 0 Å². The second-order valence-electron chi connectivity index (χ2n) is 5.27. The fraction of sp³-hybridized carbons (Fsp3) is 0.278. The van der Waals surface area contributed by atoms with Crippen LogP contribution in [0.1, 0.15) is 17.7 Å². The fourth-order valence-electron chi connectivity index (χ4n) is 2.02. The van der Waals surface area contributed by atoms with E-state index < -0.39 is 5.25 Å². The standard InChI is InChI=1S/C18H21FN2OS/c1-13(20-2)12-21-18(22)17(14-8-4-3-5-9-14)23-16-11-7-6-10-15(16)19/h3-11,13,17,20H,12H2,1-2H3,(H,21,22). The van der Waals surface area contributed by atoms with Crippen molar-refractivity contribution in [3.63, 3.8) is 0 Å². The maximum absolute atomic E-state index is 13.9. The first-order chi connectivity index (χ1) is 11.1. The molecule has 0 aliphatic rings. The molecule has 0 aliphatic heterocycles. The van der Waals surface area contributed by atoms with Gasteiger partial charge in [-0.3, -0.25) is 4.79 Å². The van der Waals surface area contributed by atoms with Crippen LogP contribution in [-0.2, 0) is 4.79 Å². The molecule has 3 nitrogen and oxygen atoms in total. The quantitative estimate of drug-likeness (QED) is 0.764. The summed E-state index contributed by atoms with van der Waals surface area (Å²) in [5, 5.41) is 5.51. The molecule has 0 saturated carbocycles. The Morgan fingerprint density at radius 1 is 1.13 bits per heavy atom. The molecule has 2 aromatic carbocycles. The highest BCUT2D eigenvalue weighted by Gasteiger charge is 2.23. The van der Waals surface area contributed by atoms with Gasteiger partial charge in [-0.25, -0.2) is 4.39 Å². The van der Waals surface area contributed by atoms with Crippen LogP contribution in [0.5, 0.6) is 0 Å². The summed E-state index contributed by atoms with van der Waals surface area (Å²) in [6.07, 6.45) is 0. The minimum absolute atomic E-state index is 0.119. The zero-order valence-corrected chi connectivity index (χ0v) is 14.1. The number of hydrogen-bond acceptors (Lipinski definition) is 3. The molecule has 0 aromatic heterocycles. The average Bonchev–Trinajstić information content (AvgIpc) is 2.59. The monoisotopic (exact) mass is 332 g/mol. The van der Waals surface area contributed by atoms with Crippen LogP contribution in [0.25, 0.3) is 0 Å². The second-order valence-corrected chi connectivity index (χ2v) is 6.42. The highest BCUT2D eigenvalue weighted by Crippen LogP contribution is 2.36. The predicted octanol–water partition coefficient (Wildman–Crippen LogP) is 3.38. The largest absolute Gasteiger partial charge is 0.353 e. The smallest absolute Gasteiger partial charge is 0.238 e. The number of halogens is 1. The van der Waals surface area contributed by atoms with Crippen molar-refractivity contribution in [2.75, 3.05) is 13.6 Å². The van der Waals surface area contributed by atoms with E-state index in [2.05, 4.69) is 10.6 Å². The lowest BCUT2D eigenvalue weighted by Gasteiger charge is -2.19. The number of likely N-dealkylation sites (N-methyl/N-ethyl adjacent to an activating group) is 1. The van der Waals surface area contributed by atoms with Crippen LogP contribution in [0.3, 0.4) is 0 Å². The Balaban J connectivity index is 2.19. The number of rotatable bonds is 7. The van der Waals surface area contributed by atoms with E-state index in [0.717, 1.165) is 5.56 Å². The Hall–Kier alpha value is -1.85. The third-order valence-corrected chi connectivity index (χ3v) is 4.80. The molecule has 2 aromatic rings. The van der Waals surface area contributed by atoms with Gasteiger partial charge in [0, 0.05) is 17.5 Å². The van der Waals surface area contributed by atoms with Gasteiger partial charge in [0.05, 0.1) is 0 Å². The lowest BCUT2D eigenvalue weighted by Crippen LogP contribution is -2.38. The van der Waals surface area contributed by atoms with Gasteiger partial charge in [0.1, 0.15) is 11.1 Å². The molecule has 2 rings (SSSR count).